The minimum Gasteiger partial charge on any atom is -0.489 e. The lowest BCUT2D eigenvalue weighted by Crippen LogP contribution is -2.51. The quantitative estimate of drug-likeness (QED) is 0.446. The minimum absolute atomic E-state index is 0. The average Bonchev–Trinajstić information content (AvgIpc) is 3.09. The van der Waals surface area contributed by atoms with Crippen LogP contribution >= 0.6 is 24.0 Å². The van der Waals surface area contributed by atoms with Crippen LogP contribution in [-0.4, -0.2) is 64.4 Å². The van der Waals surface area contributed by atoms with Crippen molar-refractivity contribution in [2.24, 2.45) is 0 Å². The summed E-state index contributed by atoms with van der Waals surface area (Å²) in [5, 5.41) is 23.7. The third-order valence-corrected chi connectivity index (χ3v) is 5.92. The van der Waals surface area contributed by atoms with Crippen molar-refractivity contribution in [2.45, 2.75) is 44.6 Å². The molecular formula is C24H30Cl2N2O6. The fraction of sp³-hybridized carbons (Fsp3) is 0.417. The summed E-state index contributed by atoms with van der Waals surface area (Å²) in [5.74, 6) is -0.770. The van der Waals surface area contributed by atoms with Crippen molar-refractivity contribution in [1.82, 2.24) is 4.90 Å². The number of hydrogen-bond acceptors (Lipinski definition) is 6. The van der Waals surface area contributed by atoms with Crippen LogP contribution in [0, 0.1) is 0 Å². The first-order valence-electron chi connectivity index (χ1n) is 10.7. The predicted molar refractivity (Wildman–Crippen MR) is 132 cm³/mol. The summed E-state index contributed by atoms with van der Waals surface area (Å²) in [4.78, 5) is 25.1. The van der Waals surface area contributed by atoms with Crippen molar-refractivity contribution >= 4 is 41.6 Å². The van der Waals surface area contributed by atoms with Gasteiger partial charge in [0.15, 0.2) is 0 Å². The molecule has 0 aromatic heterocycles. The van der Waals surface area contributed by atoms with Crippen LogP contribution in [0.15, 0.2) is 48.5 Å². The zero-order valence-corrected chi connectivity index (χ0v) is 20.6. The molecule has 1 aliphatic rings. The number of aliphatic hydroxyl groups excluding tert-OH is 1. The van der Waals surface area contributed by atoms with E-state index in [0.29, 0.717) is 36.0 Å². The number of amides is 1. The molecule has 0 radical (unpaired) electrons. The largest absolute Gasteiger partial charge is 0.489 e. The molecule has 3 atom stereocenters. The van der Waals surface area contributed by atoms with E-state index in [0.717, 1.165) is 5.56 Å². The number of benzene rings is 2. The number of carbonyl (C=O) groups is 2. The monoisotopic (exact) mass is 512 g/mol. The van der Waals surface area contributed by atoms with Gasteiger partial charge in [-0.3, -0.25) is 14.5 Å². The standard InChI is InChI=1S/C24H29ClN2O6.ClH/c1-16(28)26-21-5-3-4-6-22(21)33-15-19(29)12-27-13-20(11-24(27,2)23(30)31)32-14-17-7-9-18(25)10-8-17;/h3-10,19-20,29H,11-15H2,1-2H3,(H,26,28)(H,30,31);1H/t19?,20-,24+;/m1./s1. The van der Waals surface area contributed by atoms with E-state index in [4.69, 9.17) is 21.1 Å². The van der Waals surface area contributed by atoms with Crippen LogP contribution in [0.5, 0.6) is 5.75 Å². The van der Waals surface area contributed by atoms with Crippen LogP contribution in [0.3, 0.4) is 0 Å². The van der Waals surface area contributed by atoms with E-state index >= 15 is 0 Å². The fourth-order valence-corrected chi connectivity index (χ4v) is 3.99. The smallest absolute Gasteiger partial charge is 0.323 e. The molecule has 1 fully saturated rings. The van der Waals surface area contributed by atoms with Gasteiger partial charge in [-0.25, -0.2) is 0 Å². The Balaban J connectivity index is 0.00000408. The van der Waals surface area contributed by atoms with Crippen molar-refractivity contribution in [1.29, 1.82) is 0 Å². The van der Waals surface area contributed by atoms with E-state index in [1.165, 1.54) is 6.92 Å². The van der Waals surface area contributed by atoms with Gasteiger partial charge in [-0.2, -0.15) is 0 Å². The Morgan fingerprint density at radius 3 is 2.56 bits per heavy atom. The molecule has 10 heteroatoms. The lowest BCUT2D eigenvalue weighted by molar-refractivity contribution is -0.149. The summed E-state index contributed by atoms with van der Waals surface area (Å²) in [7, 11) is 0. The molecule has 0 saturated carbocycles. The topological polar surface area (TPSA) is 108 Å². The van der Waals surface area contributed by atoms with Crippen LogP contribution < -0.4 is 10.1 Å². The maximum absolute atomic E-state index is 12.0. The zero-order valence-electron chi connectivity index (χ0n) is 19.1. The van der Waals surface area contributed by atoms with Crippen LogP contribution in [0.1, 0.15) is 25.8 Å². The van der Waals surface area contributed by atoms with Crippen molar-refractivity contribution in [3.05, 3.63) is 59.1 Å². The highest BCUT2D eigenvalue weighted by Gasteiger charge is 2.48. The second-order valence-corrected chi connectivity index (χ2v) is 8.83. The Labute approximate surface area is 210 Å². The summed E-state index contributed by atoms with van der Waals surface area (Å²) in [5.41, 5.74) is 0.283. The first kappa shape index (κ1) is 27.9. The maximum Gasteiger partial charge on any atom is 0.323 e. The molecular weight excluding hydrogens is 483 g/mol. The van der Waals surface area contributed by atoms with E-state index in [2.05, 4.69) is 5.32 Å². The number of hydrogen-bond donors (Lipinski definition) is 3. The number of carboxylic acids is 1. The first-order chi connectivity index (χ1) is 15.7. The molecule has 34 heavy (non-hydrogen) atoms. The van der Waals surface area contributed by atoms with Gasteiger partial charge in [-0.1, -0.05) is 35.9 Å². The van der Waals surface area contributed by atoms with E-state index in [-0.39, 0.29) is 37.6 Å². The van der Waals surface area contributed by atoms with Crippen LogP contribution in [0.25, 0.3) is 0 Å². The normalized spacial score (nSPS) is 20.9. The van der Waals surface area contributed by atoms with Gasteiger partial charge in [0, 0.05) is 31.5 Å². The van der Waals surface area contributed by atoms with Gasteiger partial charge >= 0.3 is 5.97 Å². The third-order valence-electron chi connectivity index (χ3n) is 5.67. The molecule has 0 bridgehead atoms. The van der Waals surface area contributed by atoms with E-state index in [1.54, 1.807) is 48.2 Å². The predicted octanol–water partition coefficient (Wildman–Crippen LogP) is 3.59. The van der Waals surface area contributed by atoms with Crippen molar-refractivity contribution in [3.63, 3.8) is 0 Å². The lowest BCUT2D eigenvalue weighted by atomic mass is 9.98. The number of aliphatic carboxylic acids is 1. The average molecular weight is 513 g/mol. The number of nitrogens with one attached hydrogen (secondary N) is 1. The van der Waals surface area contributed by atoms with Gasteiger partial charge in [-0.15, -0.1) is 12.4 Å². The number of ether oxygens (including phenoxy) is 2. The number of β-amino-alcohol motifs (C(OH)–C–C–N with tert-alkyl or cyclic N) is 1. The SMILES string of the molecule is CC(=O)Nc1ccccc1OCC(O)CN1C[C@H](OCc2ccc(Cl)cc2)C[C@@]1(C)C(=O)O.Cl. The summed E-state index contributed by atoms with van der Waals surface area (Å²) < 4.78 is 11.7. The van der Waals surface area contributed by atoms with Gasteiger partial charge < -0.3 is 25.0 Å². The molecule has 1 amide bonds. The van der Waals surface area contributed by atoms with Crippen LogP contribution in [-0.2, 0) is 20.9 Å². The second-order valence-electron chi connectivity index (χ2n) is 8.39. The molecule has 0 aliphatic carbocycles. The number of anilines is 1. The van der Waals surface area contributed by atoms with Crippen molar-refractivity contribution in [2.75, 3.05) is 25.0 Å². The third kappa shape index (κ3) is 7.32. The van der Waals surface area contributed by atoms with E-state index < -0.39 is 17.6 Å². The number of nitrogens with zero attached hydrogens (tertiary/aromatic N) is 1. The van der Waals surface area contributed by atoms with Gasteiger partial charge in [0.25, 0.3) is 0 Å². The Kier molecular flexibility index (Phi) is 10.1. The molecule has 3 rings (SSSR count). The molecule has 186 valence electrons. The van der Waals surface area contributed by atoms with Gasteiger partial charge in [-0.05, 0) is 36.8 Å². The number of carbonyl (C=O) groups excluding carboxylic acids is 1. The van der Waals surface area contributed by atoms with Gasteiger partial charge in [0.05, 0.1) is 18.4 Å². The van der Waals surface area contributed by atoms with Crippen LogP contribution in [0.4, 0.5) is 5.69 Å². The number of likely N-dealkylation sites (tertiary alicyclic amines) is 1. The molecule has 1 aliphatic heterocycles. The summed E-state index contributed by atoms with van der Waals surface area (Å²) >= 11 is 5.91. The molecule has 3 N–H and O–H groups in total. The number of halogens is 2. The van der Waals surface area contributed by atoms with E-state index in [1.807, 2.05) is 12.1 Å². The second kappa shape index (κ2) is 12.4. The lowest BCUT2D eigenvalue weighted by Gasteiger charge is -2.32. The Hall–Kier alpha value is -2.36. The van der Waals surface area contributed by atoms with Gasteiger partial charge in [0.2, 0.25) is 5.91 Å². The number of rotatable bonds is 10. The molecule has 1 saturated heterocycles. The molecule has 0 spiro atoms. The van der Waals surface area contributed by atoms with Crippen molar-refractivity contribution < 1.29 is 29.3 Å². The minimum atomic E-state index is -1.17. The van der Waals surface area contributed by atoms with Crippen molar-refractivity contribution in [3.8, 4) is 5.75 Å². The Morgan fingerprint density at radius 2 is 1.91 bits per heavy atom. The Bertz CT molecular complexity index is 974. The first-order valence-corrected chi connectivity index (χ1v) is 11.1. The van der Waals surface area contributed by atoms with Crippen LogP contribution in [0.2, 0.25) is 5.02 Å². The van der Waals surface area contributed by atoms with E-state index in [9.17, 15) is 19.8 Å². The Morgan fingerprint density at radius 1 is 1.24 bits per heavy atom. The number of carboxylic acid groups (broad SMARTS) is 1. The summed E-state index contributed by atoms with van der Waals surface area (Å²) in [6.45, 7) is 3.80. The molecule has 1 heterocycles. The maximum atomic E-state index is 12.0. The number of aliphatic hydroxyl groups is 1. The molecule has 1 unspecified atom stereocenters. The number of para-hydroxylation sites is 2. The summed E-state index contributed by atoms with van der Waals surface area (Å²) in [6.07, 6.45) is -0.936. The fourth-order valence-electron chi connectivity index (χ4n) is 3.87. The highest BCUT2D eigenvalue weighted by Crippen LogP contribution is 2.32. The molecule has 8 nitrogen and oxygen atoms in total. The summed E-state index contributed by atoms with van der Waals surface area (Å²) in [6, 6.07) is 14.2. The zero-order chi connectivity index (χ0) is 24.0. The van der Waals surface area contributed by atoms with Gasteiger partial charge in [0.1, 0.15) is 24.0 Å². The highest BCUT2D eigenvalue weighted by molar-refractivity contribution is 6.30. The molecule has 2 aromatic rings. The highest BCUT2D eigenvalue weighted by atomic mass is 35.5. The molecule has 2 aromatic carbocycles.